The van der Waals surface area contributed by atoms with Crippen LogP contribution in [-0.4, -0.2) is 31.1 Å². The van der Waals surface area contributed by atoms with E-state index in [9.17, 15) is 0 Å². The number of nitrogens with two attached hydrogens (primary N) is 1. The second kappa shape index (κ2) is 6.35. The van der Waals surface area contributed by atoms with Crippen molar-refractivity contribution in [1.82, 2.24) is 4.90 Å². The zero-order valence-electron chi connectivity index (χ0n) is 8.67. The van der Waals surface area contributed by atoms with E-state index in [0.717, 1.165) is 12.6 Å². The minimum absolute atomic E-state index is 0.646. The average molecular weight is 186 g/mol. The zero-order chi connectivity index (χ0) is 9.52. The van der Waals surface area contributed by atoms with Crippen LogP contribution in [-0.2, 0) is 4.84 Å². The number of hydrogen-bond donors (Lipinski definition) is 1. The van der Waals surface area contributed by atoms with Gasteiger partial charge in [0, 0.05) is 12.6 Å². The second-order valence-corrected chi connectivity index (χ2v) is 4.00. The van der Waals surface area contributed by atoms with Crippen LogP contribution in [0.2, 0.25) is 0 Å². The first-order chi connectivity index (χ1) is 6.34. The molecule has 3 heteroatoms. The summed E-state index contributed by atoms with van der Waals surface area (Å²) in [5.41, 5.74) is 0. The highest BCUT2D eigenvalue weighted by atomic mass is 16.6. The van der Waals surface area contributed by atoms with Crippen molar-refractivity contribution >= 4 is 0 Å². The fraction of sp³-hybridized carbons (Fsp3) is 1.00. The van der Waals surface area contributed by atoms with E-state index in [-0.39, 0.29) is 0 Å². The predicted molar refractivity (Wildman–Crippen MR) is 54.3 cm³/mol. The highest BCUT2D eigenvalue weighted by molar-refractivity contribution is 4.71. The van der Waals surface area contributed by atoms with Crippen molar-refractivity contribution in [3.05, 3.63) is 0 Å². The topological polar surface area (TPSA) is 38.5 Å². The lowest BCUT2D eigenvalue weighted by Crippen LogP contribution is -2.34. The quantitative estimate of drug-likeness (QED) is 0.534. The van der Waals surface area contributed by atoms with E-state index in [1.165, 1.54) is 38.5 Å². The van der Waals surface area contributed by atoms with E-state index in [0.29, 0.717) is 6.61 Å². The summed E-state index contributed by atoms with van der Waals surface area (Å²) in [6.45, 7) is 1.61. The SMILES string of the molecule is CN(CCON)C1CCCCCC1. The van der Waals surface area contributed by atoms with Gasteiger partial charge in [-0.25, -0.2) is 5.90 Å². The first-order valence-electron chi connectivity index (χ1n) is 5.36. The minimum atomic E-state index is 0.646. The van der Waals surface area contributed by atoms with Crippen LogP contribution in [0.15, 0.2) is 0 Å². The molecule has 0 aliphatic heterocycles. The Morgan fingerprint density at radius 1 is 1.23 bits per heavy atom. The molecule has 0 spiro atoms. The monoisotopic (exact) mass is 186 g/mol. The fourth-order valence-electron chi connectivity index (χ4n) is 2.08. The van der Waals surface area contributed by atoms with Crippen LogP contribution in [0.25, 0.3) is 0 Å². The molecular weight excluding hydrogens is 164 g/mol. The molecule has 78 valence electrons. The molecule has 0 saturated heterocycles. The van der Waals surface area contributed by atoms with Crippen LogP contribution in [0.1, 0.15) is 38.5 Å². The normalized spacial score (nSPS) is 20.5. The molecule has 0 unspecified atom stereocenters. The molecule has 1 saturated carbocycles. The van der Waals surface area contributed by atoms with Gasteiger partial charge in [0.25, 0.3) is 0 Å². The molecule has 0 aromatic rings. The summed E-state index contributed by atoms with van der Waals surface area (Å²) in [5.74, 6) is 5.01. The zero-order valence-corrected chi connectivity index (χ0v) is 8.67. The van der Waals surface area contributed by atoms with Crippen LogP contribution in [0, 0.1) is 0 Å². The van der Waals surface area contributed by atoms with Crippen molar-refractivity contribution in [2.45, 2.75) is 44.6 Å². The second-order valence-electron chi connectivity index (χ2n) is 4.00. The maximum absolute atomic E-state index is 5.01. The van der Waals surface area contributed by atoms with Crippen LogP contribution in [0.4, 0.5) is 0 Å². The van der Waals surface area contributed by atoms with Crippen molar-refractivity contribution in [2.75, 3.05) is 20.2 Å². The first kappa shape index (κ1) is 11.0. The molecule has 1 rings (SSSR count). The summed E-state index contributed by atoms with van der Waals surface area (Å²) < 4.78 is 0. The summed E-state index contributed by atoms with van der Waals surface area (Å²) in [6.07, 6.45) is 8.30. The molecule has 1 aliphatic carbocycles. The number of rotatable bonds is 4. The van der Waals surface area contributed by atoms with Crippen molar-refractivity contribution in [2.24, 2.45) is 5.90 Å². The van der Waals surface area contributed by atoms with Gasteiger partial charge in [-0.3, -0.25) is 0 Å². The van der Waals surface area contributed by atoms with Crippen LogP contribution in [0.5, 0.6) is 0 Å². The molecule has 2 N–H and O–H groups in total. The van der Waals surface area contributed by atoms with Gasteiger partial charge in [0.1, 0.15) is 0 Å². The summed E-state index contributed by atoms with van der Waals surface area (Å²) in [5, 5.41) is 0. The number of nitrogens with zero attached hydrogens (tertiary/aromatic N) is 1. The molecular formula is C10H22N2O. The lowest BCUT2D eigenvalue weighted by atomic mass is 10.1. The molecule has 1 aliphatic rings. The Bertz CT molecular complexity index is 122. The summed E-state index contributed by atoms with van der Waals surface area (Å²) in [4.78, 5) is 6.98. The smallest absolute Gasteiger partial charge is 0.0806 e. The summed E-state index contributed by atoms with van der Waals surface area (Å²) in [6, 6.07) is 0.762. The molecule has 0 aromatic carbocycles. The Labute approximate surface area is 81.2 Å². The van der Waals surface area contributed by atoms with Crippen LogP contribution >= 0.6 is 0 Å². The third kappa shape index (κ3) is 4.07. The van der Waals surface area contributed by atoms with Gasteiger partial charge in [0.05, 0.1) is 6.61 Å². The minimum Gasteiger partial charge on any atom is -0.303 e. The Morgan fingerprint density at radius 2 is 1.85 bits per heavy atom. The van der Waals surface area contributed by atoms with E-state index >= 15 is 0 Å². The standard InChI is InChI=1S/C10H22N2O/c1-12(8-9-13-11)10-6-4-2-3-5-7-10/h10H,2-9,11H2,1H3. The van der Waals surface area contributed by atoms with Crippen LogP contribution in [0.3, 0.4) is 0 Å². The fourth-order valence-corrected chi connectivity index (χ4v) is 2.08. The van der Waals surface area contributed by atoms with Gasteiger partial charge in [-0.1, -0.05) is 25.7 Å². The summed E-state index contributed by atoms with van der Waals surface area (Å²) in [7, 11) is 2.18. The Morgan fingerprint density at radius 3 is 2.38 bits per heavy atom. The molecule has 0 atom stereocenters. The number of likely N-dealkylation sites (N-methyl/N-ethyl adjacent to an activating group) is 1. The Hall–Kier alpha value is -0.120. The lowest BCUT2D eigenvalue weighted by molar-refractivity contribution is 0.0963. The molecule has 13 heavy (non-hydrogen) atoms. The highest BCUT2D eigenvalue weighted by Crippen LogP contribution is 2.20. The third-order valence-corrected chi connectivity index (χ3v) is 3.01. The Balaban J connectivity index is 2.22. The van der Waals surface area contributed by atoms with Crippen molar-refractivity contribution in [1.29, 1.82) is 0 Å². The van der Waals surface area contributed by atoms with E-state index < -0.39 is 0 Å². The largest absolute Gasteiger partial charge is 0.303 e. The van der Waals surface area contributed by atoms with Crippen molar-refractivity contribution in [3.8, 4) is 0 Å². The predicted octanol–water partition coefficient (Wildman–Crippen LogP) is 1.53. The maximum Gasteiger partial charge on any atom is 0.0806 e. The average Bonchev–Trinajstić information content (AvgIpc) is 2.42. The highest BCUT2D eigenvalue weighted by Gasteiger charge is 2.15. The van der Waals surface area contributed by atoms with Crippen molar-refractivity contribution in [3.63, 3.8) is 0 Å². The lowest BCUT2D eigenvalue weighted by Gasteiger charge is -2.26. The van der Waals surface area contributed by atoms with E-state index in [1.54, 1.807) is 0 Å². The molecule has 1 fully saturated rings. The van der Waals surface area contributed by atoms with E-state index in [4.69, 9.17) is 5.90 Å². The molecule has 0 radical (unpaired) electrons. The summed E-state index contributed by atoms with van der Waals surface area (Å²) >= 11 is 0. The van der Waals surface area contributed by atoms with Gasteiger partial charge in [0.2, 0.25) is 0 Å². The van der Waals surface area contributed by atoms with Gasteiger partial charge >= 0.3 is 0 Å². The van der Waals surface area contributed by atoms with Gasteiger partial charge < -0.3 is 9.74 Å². The third-order valence-electron chi connectivity index (χ3n) is 3.01. The van der Waals surface area contributed by atoms with E-state index in [2.05, 4.69) is 16.8 Å². The van der Waals surface area contributed by atoms with Crippen molar-refractivity contribution < 1.29 is 4.84 Å². The Kier molecular flexibility index (Phi) is 5.35. The molecule has 0 aromatic heterocycles. The van der Waals surface area contributed by atoms with Gasteiger partial charge in [-0.05, 0) is 19.9 Å². The molecule has 0 bridgehead atoms. The van der Waals surface area contributed by atoms with Crippen LogP contribution < -0.4 is 5.90 Å². The van der Waals surface area contributed by atoms with Gasteiger partial charge in [0.15, 0.2) is 0 Å². The first-order valence-corrected chi connectivity index (χ1v) is 5.36. The maximum atomic E-state index is 5.01. The van der Waals surface area contributed by atoms with Gasteiger partial charge in [-0.15, -0.1) is 0 Å². The molecule has 0 amide bonds. The molecule has 0 heterocycles. The molecule has 3 nitrogen and oxygen atoms in total. The van der Waals surface area contributed by atoms with Gasteiger partial charge in [-0.2, -0.15) is 0 Å². The van der Waals surface area contributed by atoms with E-state index in [1.807, 2.05) is 0 Å². The number of hydrogen-bond acceptors (Lipinski definition) is 3.